The molecule has 0 bridgehead atoms. The predicted octanol–water partition coefficient (Wildman–Crippen LogP) is 4.78. The number of aryl methyl sites for hydroxylation is 2. The van der Waals surface area contributed by atoms with E-state index in [4.69, 9.17) is 0 Å². The van der Waals surface area contributed by atoms with Crippen molar-refractivity contribution in [3.63, 3.8) is 0 Å². The van der Waals surface area contributed by atoms with Crippen molar-refractivity contribution in [1.29, 1.82) is 0 Å². The van der Waals surface area contributed by atoms with Gasteiger partial charge in [0.15, 0.2) is 0 Å². The quantitative estimate of drug-likeness (QED) is 0.833. The van der Waals surface area contributed by atoms with Gasteiger partial charge in [-0.1, -0.05) is 24.3 Å². The van der Waals surface area contributed by atoms with Gasteiger partial charge in [-0.25, -0.2) is 0 Å². The van der Waals surface area contributed by atoms with Gasteiger partial charge in [0, 0.05) is 21.8 Å². The number of benzene rings is 1. The van der Waals surface area contributed by atoms with E-state index in [0.717, 1.165) is 0 Å². The number of hydrogen-bond donors (Lipinski definition) is 1. The summed E-state index contributed by atoms with van der Waals surface area (Å²) in [6.45, 7) is 8.80. The summed E-state index contributed by atoms with van der Waals surface area (Å²) in [5, 5.41) is 3.68. The highest BCUT2D eigenvalue weighted by Gasteiger charge is 2.13. The first-order valence-corrected chi connectivity index (χ1v) is 7.27. The molecule has 0 saturated heterocycles. The zero-order valence-corrected chi connectivity index (χ0v) is 12.3. The Bertz CT molecular complexity index is 515. The van der Waals surface area contributed by atoms with Crippen LogP contribution in [-0.2, 0) is 0 Å². The van der Waals surface area contributed by atoms with E-state index in [1.165, 1.54) is 20.9 Å². The van der Waals surface area contributed by atoms with E-state index in [1.54, 1.807) is 0 Å². The topological polar surface area (TPSA) is 12.0 Å². The van der Waals surface area contributed by atoms with Gasteiger partial charge in [0.05, 0.1) is 0 Å². The standard InChI is InChI=1S/C16H21NS/c1-11-7-5-6-8-15(11)13(3)17-14(4)16-10-9-12(2)18-16/h5-10,13-14,17H,1-4H3/t13-,14?/m1/s1. The highest BCUT2D eigenvalue weighted by molar-refractivity contribution is 7.12. The number of rotatable bonds is 4. The molecule has 0 aliphatic heterocycles. The van der Waals surface area contributed by atoms with E-state index in [-0.39, 0.29) is 0 Å². The van der Waals surface area contributed by atoms with Crippen LogP contribution in [0.25, 0.3) is 0 Å². The summed E-state index contributed by atoms with van der Waals surface area (Å²) < 4.78 is 0. The van der Waals surface area contributed by atoms with Crippen LogP contribution in [0.3, 0.4) is 0 Å². The third kappa shape index (κ3) is 3.01. The molecule has 1 heterocycles. The van der Waals surface area contributed by atoms with Crippen molar-refractivity contribution < 1.29 is 0 Å². The average Bonchev–Trinajstić information content (AvgIpc) is 2.76. The van der Waals surface area contributed by atoms with Crippen LogP contribution >= 0.6 is 11.3 Å². The molecule has 2 atom stereocenters. The second-order valence-corrected chi connectivity index (χ2v) is 6.23. The Kier molecular flexibility index (Phi) is 4.20. The van der Waals surface area contributed by atoms with Gasteiger partial charge >= 0.3 is 0 Å². The van der Waals surface area contributed by atoms with Crippen LogP contribution in [0, 0.1) is 13.8 Å². The lowest BCUT2D eigenvalue weighted by molar-refractivity contribution is 0.498. The lowest BCUT2D eigenvalue weighted by Gasteiger charge is -2.21. The normalized spacial score (nSPS) is 14.4. The summed E-state index contributed by atoms with van der Waals surface area (Å²) in [5.41, 5.74) is 2.74. The van der Waals surface area contributed by atoms with E-state index in [1.807, 2.05) is 11.3 Å². The van der Waals surface area contributed by atoms with Gasteiger partial charge in [-0.3, -0.25) is 0 Å². The molecule has 1 aromatic heterocycles. The summed E-state index contributed by atoms with van der Waals surface area (Å²) in [6.07, 6.45) is 0. The highest BCUT2D eigenvalue weighted by atomic mass is 32.1. The van der Waals surface area contributed by atoms with Crippen LogP contribution < -0.4 is 5.32 Å². The monoisotopic (exact) mass is 259 g/mol. The second kappa shape index (κ2) is 5.68. The molecule has 1 N–H and O–H groups in total. The molecular formula is C16H21NS. The largest absolute Gasteiger partial charge is 0.303 e. The van der Waals surface area contributed by atoms with Crippen LogP contribution in [-0.4, -0.2) is 0 Å². The van der Waals surface area contributed by atoms with Crippen molar-refractivity contribution in [3.8, 4) is 0 Å². The molecule has 2 aromatic rings. The molecule has 0 saturated carbocycles. The molecule has 96 valence electrons. The average molecular weight is 259 g/mol. The fourth-order valence-corrected chi connectivity index (χ4v) is 3.19. The van der Waals surface area contributed by atoms with Crippen molar-refractivity contribution in [2.45, 2.75) is 39.8 Å². The van der Waals surface area contributed by atoms with Gasteiger partial charge in [0.25, 0.3) is 0 Å². The second-order valence-electron chi connectivity index (χ2n) is 4.92. The molecule has 0 aliphatic rings. The van der Waals surface area contributed by atoms with Gasteiger partial charge in [-0.05, 0) is 51.0 Å². The minimum absolute atomic E-state index is 0.378. The zero-order chi connectivity index (χ0) is 13.1. The Morgan fingerprint density at radius 2 is 1.67 bits per heavy atom. The molecule has 2 heteroatoms. The van der Waals surface area contributed by atoms with E-state index >= 15 is 0 Å². The third-order valence-electron chi connectivity index (χ3n) is 3.34. The Morgan fingerprint density at radius 1 is 0.944 bits per heavy atom. The van der Waals surface area contributed by atoms with Crippen LogP contribution in [0.2, 0.25) is 0 Å². The Balaban J connectivity index is 2.08. The van der Waals surface area contributed by atoms with Crippen molar-refractivity contribution in [2.24, 2.45) is 0 Å². The molecule has 0 spiro atoms. The van der Waals surface area contributed by atoms with Crippen molar-refractivity contribution >= 4 is 11.3 Å². The Hall–Kier alpha value is -1.12. The minimum atomic E-state index is 0.378. The summed E-state index contributed by atoms with van der Waals surface area (Å²) in [7, 11) is 0. The first-order chi connectivity index (χ1) is 8.58. The minimum Gasteiger partial charge on any atom is -0.303 e. The smallest absolute Gasteiger partial charge is 0.0391 e. The number of hydrogen-bond acceptors (Lipinski definition) is 2. The van der Waals surface area contributed by atoms with Crippen LogP contribution in [0.1, 0.15) is 46.8 Å². The fraction of sp³-hybridized carbons (Fsp3) is 0.375. The molecule has 1 unspecified atom stereocenters. The molecule has 1 nitrogen and oxygen atoms in total. The molecule has 0 aliphatic carbocycles. The van der Waals surface area contributed by atoms with Gasteiger partial charge in [-0.15, -0.1) is 11.3 Å². The van der Waals surface area contributed by atoms with E-state index in [9.17, 15) is 0 Å². The van der Waals surface area contributed by atoms with Gasteiger partial charge in [-0.2, -0.15) is 0 Å². The summed E-state index contributed by atoms with van der Waals surface area (Å²) in [5.74, 6) is 0. The van der Waals surface area contributed by atoms with E-state index in [0.29, 0.717) is 12.1 Å². The van der Waals surface area contributed by atoms with Gasteiger partial charge < -0.3 is 5.32 Å². The third-order valence-corrected chi connectivity index (χ3v) is 4.53. The summed E-state index contributed by atoms with van der Waals surface area (Å²) in [4.78, 5) is 2.79. The van der Waals surface area contributed by atoms with Crippen LogP contribution in [0.4, 0.5) is 0 Å². The molecule has 0 radical (unpaired) electrons. The van der Waals surface area contributed by atoms with E-state index in [2.05, 4.69) is 69.4 Å². The van der Waals surface area contributed by atoms with Crippen LogP contribution in [0.15, 0.2) is 36.4 Å². The SMILES string of the molecule is Cc1ccc(C(C)N[C@H](C)c2ccccc2C)s1. The maximum absolute atomic E-state index is 3.68. The highest BCUT2D eigenvalue weighted by Crippen LogP contribution is 2.26. The summed E-state index contributed by atoms with van der Waals surface area (Å²) >= 11 is 1.87. The zero-order valence-electron chi connectivity index (χ0n) is 11.5. The summed E-state index contributed by atoms with van der Waals surface area (Å²) in [6, 6.07) is 13.8. The molecule has 18 heavy (non-hydrogen) atoms. The molecule has 2 rings (SSSR count). The fourth-order valence-electron chi connectivity index (χ4n) is 2.31. The Morgan fingerprint density at radius 3 is 2.28 bits per heavy atom. The number of thiophene rings is 1. The first-order valence-electron chi connectivity index (χ1n) is 6.46. The Labute approximate surface area is 114 Å². The maximum atomic E-state index is 3.68. The molecule has 0 fully saturated rings. The lowest BCUT2D eigenvalue weighted by Crippen LogP contribution is -2.22. The van der Waals surface area contributed by atoms with E-state index < -0.39 is 0 Å². The predicted molar refractivity (Wildman–Crippen MR) is 80.2 cm³/mol. The molecule has 0 amide bonds. The molecule has 1 aromatic carbocycles. The van der Waals surface area contributed by atoms with Gasteiger partial charge in [0.2, 0.25) is 0 Å². The number of nitrogens with one attached hydrogen (secondary N) is 1. The lowest BCUT2D eigenvalue weighted by atomic mass is 10.0. The van der Waals surface area contributed by atoms with Crippen LogP contribution in [0.5, 0.6) is 0 Å². The first kappa shape index (κ1) is 13.3. The van der Waals surface area contributed by atoms with Gasteiger partial charge in [0.1, 0.15) is 0 Å². The molecular weight excluding hydrogens is 238 g/mol. The van der Waals surface area contributed by atoms with Crippen molar-refractivity contribution in [2.75, 3.05) is 0 Å². The van der Waals surface area contributed by atoms with Crippen molar-refractivity contribution in [3.05, 3.63) is 57.3 Å². The van der Waals surface area contributed by atoms with Crippen molar-refractivity contribution in [1.82, 2.24) is 5.32 Å². The maximum Gasteiger partial charge on any atom is 0.0391 e.